The Morgan fingerprint density at radius 1 is 1.69 bits per heavy atom. The third-order valence-corrected chi connectivity index (χ3v) is 2.10. The number of pyridine rings is 1. The van der Waals surface area contributed by atoms with Crippen LogP contribution in [-0.2, 0) is 4.74 Å². The van der Waals surface area contributed by atoms with Gasteiger partial charge in [-0.2, -0.15) is 0 Å². The summed E-state index contributed by atoms with van der Waals surface area (Å²) in [7, 11) is 0. The molecule has 0 aliphatic carbocycles. The zero-order valence-electron chi connectivity index (χ0n) is 8.21. The van der Waals surface area contributed by atoms with E-state index in [1.165, 1.54) is 0 Å². The van der Waals surface area contributed by atoms with E-state index < -0.39 is 29.4 Å². The van der Waals surface area contributed by atoms with E-state index in [4.69, 9.17) is 0 Å². The average Bonchev–Trinajstić information content (AvgIpc) is 2.20. The molecule has 1 aromatic rings. The molecule has 0 saturated carbocycles. The minimum absolute atomic E-state index is 0.0312. The van der Waals surface area contributed by atoms with E-state index in [1.807, 2.05) is 0 Å². The van der Waals surface area contributed by atoms with Crippen molar-refractivity contribution in [3.8, 4) is 5.75 Å². The fraction of sp³-hybridized carbons (Fsp3) is 0.333. The fourth-order valence-corrected chi connectivity index (χ4v) is 1.46. The first-order chi connectivity index (χ1) is 7.47. The number of alkyl halides is 2. The number of aromatic nitrogens is 1. The first-order valence-corrected chi connectivity index (χ1v) is 5.11. The van der Waals surface area contributed by atoms with Crippen molar-refractivity contribution in [3.05, 3.63) is 21.9 Å². The summed E-state index contributed by atoms with van der Waals surface area (Å²) in [6, 6.07) is 0.947. The number of rotatable bonds is 3. The van der Waals surface area contributed by atoms with Crippen LogP contribution in [0.5, 0.6) is 5.75 Å². The van der Waals surface area contributed by atoms with E-state index in [2.05, 4.69) is 25.7 Å². The maximum atomic E-state index is 12.5. The summed E-state index contributed by atoms with van der Waals surface area (Å²) in [4.78, 5) is 14.9. The van der Waals surface area contributed by atoms with Crippen molar-refractivity contribution in [2.24, 2.45) is 0 Å². The normalized spacial score (nSPS) is 10.6. The standard InChI is InChI=1S/C9H8BrF2NO3/c1-2-16-9(15)6-7(14)4(8(11)12)3-5(10)13-6/h3,8,14H,2H2,1H3. The van der Waals surface area contributed by atoms with Gasteiger partial charge in [-0.1, -0.05) is 0 Å². The van der Waals surface area contributed by atoms with Gasteiger partial charge in [-0.3, -0.25) is 0 Å². The van der Waals surface area contributed by atoms with E-state index >= 15 is 0 Å². The molecule has 88 valence electrons. The molecule has 7 heteroatoms. The number of carbonyl (C=O) groups excluding carboxylic acids is 1. The first kappa shape index (κ1) is 12.8. The molecule has 1 N–H and O–H groups in total. The third kappa shape index (κ3) is 2.66. The lowest BCUT2D eigenvalue weighted by Gasteiger charge is -2.08. The highest BCUT2D eigenvalue weighted by atomic mass is 79.9. The van der Waals surface area contributed by atoms with Crippen LogP contribution in [0.2, 0.25) is 0 Å². The van der Waals surface area contributed by atoms with Gasteiger partial charge in [0.15, 0.2) is 11.4 Å². The molecular weight excluding hydrogens is 288 g/mol. The Hall–Kier alpha value is -1.24. The van der Waals surface area contributed by atoms with Crippen LogP contribution in [0.15, 0.2) is 10.7 Å². The maximum absolute atomic E-state index is 12.5. The molecule has 0 aliphatic rings. The quantitative estimate of drug-likeness (QED) is 0.688. The first-order valence-electron chi connectivity index (χ1n) is 4.32. The van der Waals surface area contributed by atoms with Crippen molar-refractivity contribution in [2.75, 3.05) is 6.61 Å². The summed E-state index contributed by atoms with van der Waals surface area (Å²) in [5, 5.41) is 9.42. The van der Waals surface area contributed by atoms with Crippen molar-refractivity contribution in [3.63, 3.8) is 0 Å². The van der Waals surface area contributed by atoms with Crippen LogP contribution >= 0.6 is 15.9 Å². The van der Waals surface area contributed by atoms with Crippen molar-refractivity contribution in [1.29, 1.82) is 0 Å². The zero-order chi connectivity index (χ0) is 12.3. The fourth-order valence-electron chi connectivity index (χ4n) is 1.03. The SMILES string of the molecule is CCOC(=O)c1nc(Br)cc(C(F)F)c1O. The topological polar surface area (TPSA) is 59.4 Å². The summed E-state index contributed by atoms with van der Waals surface area (Å²) >= 11 is 2.87. The monoisotopic (exact) mass is 295 g/mol. The van der Waals surface area contributed by atoms with Crippen molar-refractivity contribution >= 4 is 21.9 Å². The summed E-state index contributed by atoms with van der Waals surface area (Å²) in [6.07, 6.45) is -2.90. The van der Waals surface area contributed by atoms with E-state index in [0.717, 1.165) is 6.07 Å². The van der Waals surface area contributed by atoms with Gasteiger partial charge in [0, 0.05) is 0 Å². The molecule has 0 radical (unpaired) electrons. The number of hydrogen-bond donors (Lipinski definition) is 1. The molecule has 1 rings (SSSR count). The molecule has 0 aromatic carbocycles. The van der Waals surface area contributed by atoms with Gasteiger partial charge in [-0.25, -0.2) is 18.6 Å². The van der Waals surface area contributed by atoms with E-state index in [0.29, 0.717) is 0 Å². The second kappa shape index (κ2) is 5.20. The van der Waals surface area contributed by atoms with Gasteiger partial charge in [0.25, 0.3) is 6.43 Å². The molecule has 1 aromatic heterocycles. The summed E-state index contributed by atoms with van der Waals surface area (Å²) in [5.74, 6) is -1.79. The number of nitrogens with zero attached hydrogens (tertiary/aromatic N) is 1. The number of ether oxygens (including phenoxy) is 1. The van der Waals surface area contributed by atoms with Gasteiger partial charge in [0.05, 0.1) is 12.2 Å². The molecule has 0 fully saturated rings. The smallest absolute Gasteiger partial charge is 0.360 e. The van der Waals surface area contributed by atoms with Crippen LogP contribution < -0.4 is 0 Å². The van der Waals surface area contributed by atoms with Gasteiger partial charge in [-0.15, -0.1) is 0 Å². The van der Waals surface area contributed by atoms with Crippen LogP contribution in [0.25, 0.3) is 0 Å². The molecule has 0 spiro atoms. The highest BCUT2D eigenvalue weighted by Gasteiger charge is 2.23. The van der Waals surface area contributed by atoms with Crippen LogP contribution in [-0.4, -0.2) is 22.7 Å². The Labute approximate surface area is 98.4 Å². The second-order valence-electron chi connectivity index (χ2n) is 2.75. The Bertz CT molecular complexity index is 412. The van der Waals surface area contributed by atoms with Crippen molar-refractivity contribution in [1.82, 2.24) is 4.98 Å². The van der Waals surface area contributed by atoms with Crippen molar-refractivity contribution in [2.45, 2.75) is 13.3 Å². The van der Waals surface area contributed by atoms with Gasteiger partial charge >= 0.3 is 5.97 Å². The molecule has 0 saturated heterocycles. The Morgan fingerprint density at radius 3 is 2.81 bits per heavy atom. The Balaban J connectivity index is 3.24. The zero-order valence-corrected chi connectivity index (χ0v) is 9.79. The molecule has 1 heterocycles. The molecule has 0 aliphatic heterocycles. The third-order valence-electron chi connectivity index (χ3n) is 1.69. The Kier molecular flexibility index (Phi) is 4.17. The maximum Gasteiger partial charge on any atom is 0.360 e. The summed E-state index contributed by atoms with van der Waals surface area (Å²) < 4.78 is 29.6. The van der Waals surface area contributed by atoms with Gasteiger partial charge < -0.3 is 9.84 Å². The van der Waals surface area contributed by atoms with Gasteiger partial charge in [0.2, 0.25) is 0 Å². The number of carbonyl (C=O) groups is 1. The minimum atomic E-state index is -2.90. The number of halogens is 3. The summed E-state index contributed by atoms with van der Waals surface area (Å²) in [5.41, 5.74) is -1.18. The van der Waals surface area contributed by atoms with Crippen LogP contribution in [0, 0.1) is 0 Å². The molecule has 4 nitrogen and oxygen atoms in total. The largest absolute Gasteiger partial charge is 0.505 e. The highest BCUT2D eigenvalue weighted by molar-refractivity contribution is 9.10. The minimum Gasteiger partial charge on any atom is -0.505 e. The van der Waals surface area contributed by atoms with Crippen LogP contribution in [0.4, 0.5) is 8.78 Å². The molecule has 0 amide bonds. The van der Waals surface area contributed by atoms with Crippen molar-refractivity contribution < 1.29 is 23.4 Å². The predicted octanol–water partition coefficient (Wildman–Crippen LogP) is 2.66. The molecule has 16 heavy (non-hydrogen) atoms. The lowest BCUT2D eigenvalue weighted by molar-refractivity contribution is 0.0514. The number of aromatic hydroxyl groups is 1. The number of esters is 1. The van der Waals surface area contributed by atoms with E-state index in [1.54, 1.807) is 6.92 Å². The van der Waals surface area contributed by atoms with Crippen LogP contribution in [0.1, 0.15) is 29.4 Å². The van der Waals surface area contributed by atoms with E-state index in [9.17, 15) is 18.7 Å². The van der Waals surface area contributed by atoms with Crippen LogP contribution in [0.3, 0.4) is 0 Å². The summed E-state index contributed by atoms with van der Waals surface area (Å²) in [6.45, 7) is 1.62. The van der Waals surface area contributed by atoms with E-state index in [-0.39, 0.29) is 11.2 Å². The lowest BCUT2D eigenvalue weighted by Crippen LogP contribution is -2.09. The van der Waals surface area contributed by atoms with Gasteiger partial charge in [-0.05, 0) is 28.9 Å². The Morgan fingerprint density at radius 2 is 2.31 bits per heavy atom. The predicted molar refractivity (Wildman–Crippen MR) is 54.5 cm³/mol. The molecule has 0 atom stereocenters. The number of hydrogen-bond acceptors (Lipinski definition) is 4. The average molecular weight is 296 g/mol. The van der Waals surface area contributed by atoms with Gasteiger partial charge in [0.1, 0.15) is 4.60 Å². The lowest BCUT2D eigenvalue weighted by atomic mass is 10.2. The molecular formula is C9H8BrF2NO3. The molecule has 0 bridgehead atoms. The molecule has 0 unspecified atom stereocenters. The second-order valence-corrected chi connectivity index (χ2v) is 3.57. The highest BCUT2D eigenvalue weighted by Crippen LogP contribution is 2.32.